The van der Waals surface area contributed by atoms with Gasteiger partial charge < -0.3 is 19.9 Å². The van der Waals surface area contributed by atoms with Crippen molar-refractivity contribution in [2.24, 2.45) is 5.92 Å². The van der Waals surface area contributed by atoms with E-state index in [0.717, 1.165) is 16.0 Å². The lowest BCUT2D eigenvalue weighted by Crippen LogP contribution is -2.45. The first kappa shape index (κ1) is 17.5. The zero-order valence-electron chi connectivity index (χ0n) is 14.6. The number of urea groups is 1. The van der Waals surface area contributed by atoms with Gasteiger partial charge in [0.15, 0.2) is 5.13 Å². The summed E-state index contributed by atoms with van der Waals surface area (Å²) in [6.45, 7) is 1.21. The maximum absolute atomic E-state index is 12.5. The highest BCUT2D eigenvalue weighted by atomic mass is 32.1. The molecule has 1 aliphatic rings. The molecule has 3 rings (SSSR count). The molecule has 1 saturated heterocycles. The fraction of sp³-hybridized carbons (Fsp3) is 0.471. The number of ether oxygens (including phenoxy) is 1. The third-order valence-corrected chi connectivity index (χ3v) is 5.28. The van der Waals surface area contributed by atoms with Gasteiger partial charge >= 0.3 is 6.03 Å². The number of carbonyl (C=O) groups is 2. The number of aromatic nitrogens is 1. The average Bonchev–Trinajstić information content (AvgIpc) is 3.02. The standard InChI is InChI=1S/C17H22N4O3S/c1-20(2)17(23)21-8-6-11(7-9-21)15(22)19-16-18-13-5-4-12(24-3)10-14(13)25-16/h4-5,10-11H,6-9H2,1-3H3,(H,18,19,22). The minimum absolute atomic E-state index is 0.000946. The normalized spacial score (nSPS) is 15.2. The van der Waals surface area contributed by atoms with Crippen molar-refractivity contribution >= 4 is 38.6 Å². The molecule has 0 radical (unpaired) electrons. The monoisotopic (exact) mass is 362 g/mol. The van der Waals surface area contributed by atoms with Gasteiger partial charge in [0.25, 0.3) is 0 Å². The lowest BCUT2D eigenvalue weighted by atomic mass is 9.96. The van der Waals surface area contributed by atoms with Crippen LogP contribution in [0.3, 0.4) is 0 Å². The van der Waals surface area contributed by atoms with E-state index in [1.54, 1.807) is 31.0 Å². The van der Waals surface area contributed by atoms with Crippen LogP contribution in [-0.2, 0) is 4.79 Å². The van der Waals surface area contributed by atoms with Gasteiger partial charge in [0.1, 0.15) is 5.75 Å². The highest BCUT2D eigenvalue weighted by Gasteiger charge is 2.28. The van der Waals surface area contributed by atoms with E-state index in [1.165, 1.54) is 11.3 Å². The van der Waals surface area contributed by atoms with Crippen LogP contribution in [0.15, 0.2) is 18.2 Å². The molecule has 1 aromatic carbocycles. The molecule has 7 nitrogen and oxygen atoms in total. The van der Waals surface area contributed by atoms with E-state index in [1.807, 2.05) is 18.2 Å². The predicted molar refractivity (Wildman–Crippen MR) is 98.2 cm³/mol. The third kappa shape index (κ3) is 3.84. The van der Waals surface area contributed by atoms with Crippen LogP contribution in [0.25, 0.3) is 10.2 Å². The number of benzene rings is 1. The van der Waals surface area contributed by atoms with Crippen molar-refractivity contribution in [3.8, 4) is 5.75 Å². The van der Waals surface area contributed by atoms with Crippen LogP contribution in [0, 0.1) is 5.92 Å². The van der Waals surface area contributed by atoms with Gasteiger partial charge in [-0.2, -0.15) is 0 Å². The van der Waals surface area contributed by atoms with E-state index in [9.17, 15) is 9.59 Å². The van der Waals surface area contributed by atoms with Gasteiger partial charge in [0.2, 0.25) is 5.91 Å². The molecule has 0 saturated carbocycles. The molecular formula is C17H22N4O3S. The van der Waals surface area contributed by atoms with Crippen molar-refractivity contribution in [3.63, 3.8) is 0 Å². The van der Waals surface area contributed by atoms with Crippen molar-refractivity contribution < 1.29 is 14.3 Å². The Morgan fingerprint density at radius 1 is 1.32 bits per heavy atom. The zero-order valence-corrected chi connectivity index (χ0v) is 15.4. The second kappa shape index (κ2) is 7.26. The number of likely N-dealkylation sites (tertiary alicyclic amines) is 1. The minimum Gasteiger partial charge on any atom is -0.497 e. The fourth-order valence-electron chi connectivity index (χ4n) is 2.91. The van der Waals surface area contributed by atoms with Crippen LogP contribution in [-0.4, -0.2) is 61.0 Å². The molecule has 1 aromatic heterocycles. The molecule has 2 aromatic rings. The molecule has 3 amide bonds. The number of nitrogens with zero attached hydrogens (tertiary/aromatic N) is 3. The number of carbonyl (C=O) groups excluding carboxylic acids is 2. The first-order valence-electron chi connectivity index (χ1n) is 8.19. The Hall–Kier alpha value is -2.35. The molecule has 1 aliphatic heterocycles. The van der Waals surface area contributed by atoms with Crippen LogP contribution < -0.4 is 10.1 Å². The SMILES string of the molecule is COc1ccc2nc(NC(=O)C3CCN(C(=O)N(C)C)CC3)sc2c1. The summed E-state index contributed by atoms with van der Waals surface area (Å²) >= 11 is 1.43. The maximum Gasteiger partial charge on any atom is 0.319 e. The first-order chi connectivity index (χ1) is 12.0. The minimum atomic E-state index is -0.0900. The van der Waals surface area contributed by atoms with E-state index < -0.39 is 0 Å². The van der Waals surface area contributed by atoms with E-state index in [2.05, 4.69) is 10.3 Å². The molecule has 25 heavy (non-hydrogen) atoms. The number of fused-ring (bicyclic) bond motifs is 1. The Labute approximate surface area is 150 Å². The van der Waals surface area contributed by atoms with Crippen molar-refractivity contribution in [1.29, 1.82) is 0 Å². The first-order valence-corrected chi connectivity index (χ1v) is 9.01. The molecule has 2 heterocycles. The van der Waals surface area contributed by atoms with Gasteiger partial charge in [-0.3, -0.25) is 4.79 Å². The lowest BCUT2D eigenvalue weighted by molar-refractivity contribution is -0.121. The van der Waals surface area contributed by atoms with Crippen molar-refractivity contribution in [3.05, 3.63) is 18.2 Å². The number of nitrogens with one attached hydrogen (secondary N) is 1. The quantitative estimate of drug-likeness (QED) is 0.911. The number of amides is 3. The Morgan fingerprint density at radius 3 is 2.68 bits per heavy atom. The summed E-state index contributed by atoms with van der Waals surface area (Å²) < 4.78 is 6.18. The number of rotatable bonds is 3. The van der Waals surface area contributed by atoms with Crippen LogP contribution in [0.4, 0.5) is 9.93 Å². The molecule has 8 heteroatoms. The van der Waals surface area contributed by atoms with E-state index in [-0.39, 0.29) is 17.9 Å². The summed E-state index contributed by atoms with van der Waals surface area (Å²) in [5.41, 5.74) is 0.840. The predicted octanol–water partition coefficient (Wildman–Crippen LogP) is 2.64. The number of piperidine rings is 1. The summed E-state index contributed by atoms with van der Waals surface area (Å²) in [4.78, 5) is 32.2. The highest BCUT2D eigenvalue weighted by molar-refractivity contribution is 7.22. The number of thiazole rings is 1. The lowest BCUT2D eigenvalue weighted by Gasteiger charge is -2.32. The molecular weight excluding hydrogens is 340 g/mol. The van der Waals surface area contributed by atoms with Crippen LogP contribution in [0.1, 0.15) is 12.8 Å². The van der Waals surface area contributed by atoms with Crippen LogP contribution in [0.2, 0.25) is 0 Å². The van der Waals surface area contributed by atoms with Gasteiger partial charge in [-0.15, -0.1) is 0 Å². The van der Waals surface area contributed by atoms with E-state index in [4.69, 9.17) is 4.74 Å². The molecule has 0 unspecified atom stereocenters. The van der Waals surface area contributed by atoms with Gasteiger partial charge in [0, 0.05) is 33.1 Å². The van der Waals surface area contributed by atoms with E-state index >= 15 is 0 Å². The van der Waals surface area contributed by atoms with Crippen molar-refractivity contribution in [2.45, 2.75) is 12.8 Å². The zero-order chi connectivity index (χ0) is 18.0. The second-order valence-electron chi connectivity index (χ2n) is 6.28. The molecule has 1 fully saturated rings. The Morgan fingerprint density at radius 2 is 2.04 bits per heavy atom. The molecule has 134 valence electrons. The topological polar surface area (TPSA) is 74.8 Å². The van der Waals surface area contributed by atoms with Crippen LogP contribution >= 0.6 is 11.3 Å². The fourth-order valence-corrected chi connectivity index (χ4v) is 3.81. The summed E-state index contributed by atoms with van der Waals surface area (Å²) in [5, 5.41) is 3.52. The van der Waals surface area contributed by atoms with E-state index in [0.29, 0.717) is 31.1 Å². The smallest absolute Gasteiger partial charge is 0.319 e. The Balaban J connectivity index is 1.60. The maximum atomic E-state index is 12.5. The van der Waals surface area contributed by atoms with Crippen LogP contribution in [0.5, 0.6) is 5.75 Å². The van der Waals surface area contributed by atoms with Gasteiger partial charge in [-0.05, 0) is 31.0 Å². The molecule has 0 bridgehead atoms. The van der Waals surface area contributed by atoms with Crippen molar-refractivity contribution in [1.82, 2.24) is 14.8 Å². The summed E-state index contributed by atoms with van der Waals surface area (Å²) in [7, 11) is 5.10. The second-order valence-corrected chi connectivity index (χ2v) is 7.31. The number of anilines is 1. The van der Waals surface area contributed by atoms with Gasteiger partial charge in [0.05, 0.1) is 17.3 Å². The third-order valence-electron chi connectivity index (χ3n) is 4.34. The summed E-state index contributed by atoms with van der Waals surface area (Å²) in [5.74, 6) is 0.655. The summed E-state index contributed by atoms with van der Waals surface area (Å²) in [6.07, 6.45) is 1.34. The van der Waals surface area contributed by atoms with Gasteiger partial charge in [-0.1, -0.05) is 11.3 Å². The summed E-state index contributed by atoms with van der Waals surface area (Å²) in [6, 6.07) is 5.64. The average molecular weight is 362 g/mol. The molecule has 0 spiro atoms. The largest absolute Gasteiger partial charge is 0.497 e. The van der Waals surface area contributed by atoms with Crippen molar-refractivity contribution in [2.75, 3.05) is 39.6 Å². The number of methoxy groups -OCH3 is 1. The molecule has 1 N–H and O–H groups in total. The highest BCUT2D eigenvalue weighted by Crippen LogP contribution is 2.30. The Bertz CT molecular complexity index is 781. The molecule has 0 atom stereocenters. The number of hydrogen-bond donors (Lipinski definition) is 1. The number of hydrogen-bond acceptors (Lipinski definition) is 5. The van der Waals surface area contributed by atoms with Gasteiger partial charge in [-0.25, -0.2) is 9.78 Å². The molecule has 0 aliphatic carbocycles. The Kier molecular flexibility index (Phi) is 5.08.